The van der Waals surface area contributed by atoms with Crippen molar-refractivity contribution in [3.05, 3.63) is 94.8 Å². The van der Waals surface area contributed by atoms with Gasteiger partial charge in [-0.05, 0) is 43.2 Å². The van der Waals surface area contributed by atoms with E-state index in [-0.39, 0.29) is 24.4 Å². The number of piperidine rings is 1. The van der Waals surface area contributed by atoms with E-state index in [4.69, 9.17) is 25.7 Å². The highest BCUT2D eigenvalue weighted by molar-refractivity contribution is 6.30. The molecule has 0 amide bonds. The number of halogens is 2. The molecule has 0 aliphatic carbocycles. The predicted molar refractivity (Wildman–Crippen MR) is 149 cm³/mol. The summed E-state index contributed by atoms with van der Waals surface area (Å²) in [5.74, 6) is 0.680. The number of hydrogen-bond acceptors (Lipinski definition) is 8. The lowest BCUT2D eigenvalue weighted by Gasteiger charge is -2.32. The van der Waals surface area contributed by atoms with E-state index < -0.39 is 11.8 Å². The Morgan fingerprint density at radius 1 is 1.15 bits per heavy atom. The van der Waals surface area contributed by atoms with Gasteiger partial charge in [-0.2, -0.15) is 5.10 Å². The topological polar surface area (TPSA) is 146 Å². The lowest BCUT2D eigenvalue weighted by molar-refractivity contribution is 0.0697. The Balaban J connectivity index is 0.00000337. The third-order valence-corrected chi connectivity index (χ3v) is 7.40. The van der Waals surface area contributed by atoms with Gasteiger partial charge in [-0.15, -0.1) is 0 Å². The summed E-state index contributed by atoms with van der Waals surface area (Å²) in [4.78, 5) is 22.7. The maximum atomic E-state index is 14.2. The van der Waals surface area contributed by atoms with Crippen LogP contribution in [0.5, 0.6) is 5.88 Å². The summed E-state index contributed by atoms with van der Waals surface area (Å²) in [5.41, 5.74) is 2.09. The SMILES string of the molecule is N.O=C(O)c1ccc2nc(CN3CCC(n4nccc4OCc4ccc(Cl)cc4F)CC3)n(Cc3cnco3)c2c1. The monoisotopic (exact) mass is 581 g/mol. The van der Waals surface area contributed by atoms with Crippen molar-refractivity contribution in [1.82, 2.24) is 35.4 Å². The smallest absolute Gasteiger partial charge is 0.335 e. The molecule has 1 aliphatic heterocycles. The number of nitrogens with zero attached hydrogens (tertiary/aromatic N) is 6. The fourth-order valence-electron chi connectivity index (χ4n) is 5.08. The Morgan fingerprint density at radius 2 is 1.98 bits per heavy atom. The van der Waals surface area contributed by atoms with Crippen molar-refractivity contribution in [2.45, 2.75) is 38.6 Å². The minimum Gasteiger partial charge on any atom is -0.478 e. The molecule has 1 aliphatic rings. The van der Waals surface area contributed by atoms with Crippen LogP contribution < -0.4 is 10.9 Å². The van der Waals surface area contributed by atoms with Crippen LogP contribution in [0.3, 0.4) is 0 Å². The molecule has 5 aromatic rings. The summed E-state index contributed by atoms with van der Waals surface area (Å²) in [6, 6.07) is 11.4. The van der Waals surface area contributed by atoms with Crippen molar-refractivity contribution in [2.24, 2.45) is 0 Å². The van der Waals surface area contributed by atoms with Crippen LogP contribution in [0.25, 0.3) is 11.0 Å². The number of ether oxygens (including phenoxy) is 1. The first-order chi connectivity index (χ1) is 19.4. The Bertz CT molecular complexity index is 1640. The average molecular weight is 582 g/mol. The van der Waals surface area contributed by atoms with Crippen molar-refractivity contribution < 1.29 is 23.4 Å². The van der Waals surface area contributed by atoms with E-state index in [0.717, 1.165) is 42.8 Å². The van der Waals surface area contributed by atoms with Gasteiger partial charge in [-0.3, -0.25) is 4.90 Å². The van der Waals surface area contributed by atoms with Crippen LogP contribution in [0, 0.1) is 5.82 Å². The number of carboxylic acids is 1. The number of oxazole rings is 1. The Hall–Kier alpha value is -4.26. The largest absolute Gasteiger partial charge is 0.478 e. The van der Waals surface area contributed by atoms with Gasteiger partial charge in [0.25, 0.3) is 0 Å². The van der Waals surface area contributed by atoms with Crippen molar-refractivity contribution in [3.63, 3.8) is 0 Å². The van der Waals surface area contributed by atoms with Gasteiger partial charge >= 0.3 is 5.97 Å². The molecule has 4 heterocycles. The van der Waals surface area contributed by atoms with Gasteiger partial charge < -0.3 is 25.0 Å². The number of carbonyl (C=O) groups is 1. The maximum absolute atomic E-state index is 14.2. The van der Waals surface area contributed by atoms with E-state index in [2.05, 4.69) is 15.0 Å². The zero-order chi connectivity index (χ0) is 27.6. The minimum atomic E-state index is -0.988. The first-order valence-electron chi connectivity index (χ1n) is 12.9. The number of aromatic carboxylic acids is 1. The van der Waals surface area contributed by atoms with Gasteiger partial charge in [-0.1, -0.05) is 17.7 Å². The summed E-state index contributed by atoms with van der Waals surface area (Å²) >= 11 is 5.85. The molecule has 0 radical (unpaired) electrons. The van der Waals surface area contributed by atoms with Crippen LogP contribution >= 0.6 is 11.6 Å². The van der Waals surface area contributed by atoms with Gasteiger partial charge in [0.1, 0.15) is 24.0 Å². The highest BCUT2D eigenvalue weighted by atomic mass is 35.5. The van der Waals surface area contributed by atoms with E-state index in [1.165, 1.54) is 12.5 Å². The zero-order valence-electron chi connectivity index (χ0n) is 22.1. The fourth-order valence-corrected chi connectivity index (χ4v) is 5.24. The minimum absolute atomic E-state index is 0. The molecule has 0 bridgehead atoms. The molecule has 0 atom stereocenters. The van der Waals surface area contributed by atoms with Crippen molar-refractivity contribution >= 4 is 28.6 Å². The van der Waals surface area contributed by atoms with Crippen LogP contribution in [-0.2, 0) is 19.7 Å². The number of likely N-dealkylation sites (tertiary alicyclic amines) is 1. The molecule has 6 rings (SSSR count). The summed E-state index contributed by atoms with van der Waals surface area (Å²) in [5, 5.41) is 14.3. The number of imidazole rings is 1. The molecule has 13 heteroatoms. The Kier molecular flexibility index (Phi) is 8.34. The third kappa shape index (κ3) is 6.09. The number of rotatable bonds is 9. The van der Waals surface area contributed by atoms with Gasteiger partial charge in [-0.25, -0.2) is 23.8 Å². The lowest BCUT2D eigenvalue weighted by Crippen LogP contribution is -2.35. The molecule has 11 nitrogen and oxygen atoms in total. The van der Waals surface area contributed by atoms with Crippen LogP contribution in [0.15, 0.2) is 65.7 Å². The molecule has 1 fully saturated rings. The average Bonchev–Trinajstić information content (AvgIpc) is 3.70. The second-order valence-corrected chi connectivity index (χ2v) is 10.2. The normalized spacial score (nSPS) is 14.3. The number of aromatic nitrogens is 5. The summed E-state index contributed by atoms with van der Waals surface area (Å²) < 4.78 is 29.4. The van der Waals surface area contributed by atoms with Gasteiger partial charge in [0.2, 0.25) is 5.88 Å². The number of fused-ring (bicyclic) bond motifs is 1. The second-order valence-electron chi connectivity index (χ2n) is 9.74. The first-order valence-corrected chi connectivity index (χ1v) is 13.2. The van der Waals surface area contributed by atoms with Gasteiger partial charge in [0, 0.05) is 29.7 Å². The van der Waals surface area contributed by atoms with Crippen LogP contribution in [0.2, 0.25) is 5.02 Å². The van der Waals surface area contributed by atoms with E-state index >= 15 is 0 Å². The number of carboxylic acid groups (broad SMARTS) is 1. The maximum Gasteiger partial charge on any atom is 0.335 e. The molecule has 4 N–H and O–H groups in total. The van der Waals surface area contributed by atoms with Gasteiger partial charge in [0.05, 0.1) is 48.1 Å². The molecule has 1 saturated heterocycles. The third-order valence-electron chi connectivity index (χ3n) is 7.16. The van der Waals surface area contributed by atoms with Crippen molar-refractivity contribution in [2.75, 3.05) is 13.1 Å². The molecular formula is C28H29ClFN7O4. The molecule has 0 saturated carbocycles. The number of hydrogen-bond donors (Lipinski definition) is 2. The van der Waals surface area contributed by atoms with Crippen molar-refractivity contribution in [1.29, 1.82) is 0 Å². The van der Waals surface area contributed by atoms with Crippen LogP contribution in [0.1, 0.15) is 46.4 Å². The summed E-state index contributed by atoms with van der Waals surface area (Å²) in [6.07, 6.45) is 6.41. The van der Waals surface area contributed by atoms with E-state index in [1.807, 2.05) is 9.25 Å². The lowest BCUT2D eigenvalue weighted by atomic mass is 10.1. The van der Waals surface area contributed by atoms with E-state index in [9.17, 15) is 14.3 Å². The highest BCUT2D eigenvalue weighted by Crippen LogP contribution is 2.29. The molecule has 3 aromatic heterocycles. The molecule has 41 heavy (non-hydrogen) atoms. The zero-order valence-corrected chi connectivity index (χ0v) is 22.9. The Morgan fingerprint density at radius 3 is 2.71 bits per heavy atom. The molecule has 214 valence electrons. The quantitative estimate of drug-likeness (QED) is 0.235. The number of benzene rings is 2. The molecular weight excluding hydrogens is 553 g/mol. The first kappa shape index (κ1) is 28.3. The van der Waals surface area contributed by atoms with E-state index in [1.54, 1.807) is 48.8 Å². The second kappa shape index (κ2) is 12.1. The summed E-state index contributed by atoms with van der Waals surface area (Å²) in [7, 11) is 0. The molecule has 0 spiro atoms. The highest BCUT2D eigenvalue weighted by Gasteiger charge is 2.25. The standard InChI is InChI=1S/C28H26ClFN6O4.H3N/c29-20-3-1-19(23(30)12-20)16-39-27-5-8-32-36(27)21-6-9-34(10-7-21)15-26-33-24-4-2-18(28(37)38)11-25(24)35(26)14-22-13-31-17-40-22;/h1-5,8,11-13,17,21H,6-7,9-10,14-16H2,(H,37,38);1H3. The fraction of sp³-hybridized carbons (Fsp3) is 0.286. The van der Waals surface area contributed by atoms with Crippen LogP contribution in [0.4, 0.5) is 4.39 Å². The predicted octanol–water partition coefficient (Wildman–Crippen LogP) is 5.34. The van der Waals surface area contributed by atoms with Crippen molar-refractivity contribution in [3.8, 4) is 5.88 Å². The van der Waals surface area contributed by atoms with Crippen LogP contribution in [-0.4, -0.2) is 53.4 Å². The molecule has 2 aromatic carbocycles. The molecule has 0 unspecified atom stereocenters. The van der Waals surface area contributed by atoms with Gasteiger partial charge in [0.15, 0.2) is 6.39 Å². The Labute approximate surface area is 239 Å². The summed E-state index contributed by atoms with van der Waals surface area (Å²) in [6.45, 7) is 2.69. The van der Waals surface area contributed by atoms with E-state index in [0.29, 0.717) is 35.3 Å².